The molecule has 246 valence electrons. The fourth-order valence-electron chi connectivity index (χ4n) is 5.83. The summed E-state index contributed by atoms with van der Waals surface area (Å²) in [5.74, 6) is -0.553. The minimum absolute atomic E-state index is 0.0280. The maximum Gasteiger partial charge on any atom is 0.274 e. The van der Waals surface area contributed by atoms with Gasteiger partial charge in [-0.05, 0) is 44.2 Å². The van der Waals surface area contributed by atoms with Crippen LogP contribution < -0.4 is 21.3 Å². The van der Waals surface area contributed by atoms with Crippen molar-refractivity contribution in [3.63, 3.8) is 0 Å². The van der Waals surface area contributed by atoms with Crippen LogP contribution in [-0.4, -0.2) is 71.2 Å². The standard InChI is InChI=1S/C33H43N7O5S/c1-20(2)27-32-37-25(19-46-32)29(42)35-14-16-40(33(44)23-11-7-13-34-18-23)15-8-12-26(41)36-24(17-22-9-5-4-6-10-22)31-39-28(21(3)45-31)30(43)38-27/h4-6,9-10,19-20,23-24,27,34H,7-8,11-18H2,1-3H3,(H,35,42)(H,36,41)(H,38,43)/t23-,24-,27?/m0/s1. The van der Waals surface area contributed by atoms with E-state index in [2.05, 4.69) is 31.2 Å². The van der Waals surface area contributed by atoms with Crippen molar-refractivity contribution >= 4 is 35.0 Å². The number of thiazole rings is 1. The molecule has 5 rings (SSSR count). The van der Waals surface area contributed by atoms with Gasteiger partial charge >= 0.3 is 0 Å². The van der Waals surface area contributed by atoms with Crippen molar-refractivity contribution in [2.45, 2.75) is 65.0 Å². The SMILES string of the molecule is Cc1oc2nc1C(=O)NC(C(C)C)c1nc(cs1)C(=O)NCCN(C(=O)[C@H]1CCCNC1)CCCC(=O)N[C@H]2Cc1ccccc1. The molecule has 0 radical (unpaired) electrons. The second-order valence-electron chi connectivity index (χ2n) is 12.3. The average Bonchev–Trinajstić information content (AvgIpc) is 3.70. The van der Waals surface area contributed by atoms with E-state index in [4.69, 9.17) is 4.42 Å². The number of piperidine rings is 1. The number of aryl methyl sites for hydroxylation is 1. The van der Waals surface area contributed by atoms with Crippen molar-refractivity contribution < 1.29 is 23.6 Å². The van der Waals surface area contributed by atoms with Crippen molar-refractivity contribution in [1.82, 2.24) is 36.1 Å². The van der Waals surface area contributed by atoms with Crippen LogP contribution >= 0.6 is 11.3 Å². The van der Waals surface area contributed by atoms with Crippen molar-refractivity contribution in [1.29, 1.82) is 0 Å². The van der Waals surface area contributed by atoms with Gasteiger partial charge in [0.15, 0.2) is 5.69 Å². The molecule has 4 heterocycles. The second-order valence-corrected chi connectivity index (χ2v) is 13.2. The van der Waals surface area contributed by atoms with E-state index < -0.39 is 18.0 Å². The van der Waals surface area contributed by atoms with E-state index >= 15 is 0 Å². The van der Waals surface area contributed by atoms with Crippen LogP contribution in [0.2, 0.25) is 0 Å². The minimum atomic E-state index is -0.607. The third kappa shape index (κ3) is 8.38. The van der Waals surface area contributed by atoms with Gasteiger partial charge in [-0.3, -0.25) is 19.2 Å². The first-order valence-electron chi connectivity index (χ1n) is 16.0. The maximum absolute atomic E-state index is 13.5. The van der Waals surface area contributed by atoms with Gasteiger partial charge in [-0.2, -0.15) is 0 Å². The Hall–Kier alpha value is -4.10. The summed E-state index contributed by atoms with van der Waals surface area (Å²) in [5, 5.41) is 14.6. The van der Waals surface area contributed by atoms with E-state index in [1.54, 1.807) is 17.2 Å². The molecule has 1 unspecified atom stereocenters. The maximum atomic E-state index is 13.5. The molecule has 1 aromatic carbocycles. The fraction of sp³-hybridized carbons (Fsp3) is 0.515. The molecule has 4 bridgehead atoms. The zero-order valence-corrected chi connectivity index (χ0v) is 27.5. The summed E-state index contributed by atoms with van der Waals surface area (Å²) in [4.78, 5) is 64.2. The molecule has 0 aliphatic carbocycles. The van der Waals surface area contributed by atoms with Gasteiger partial charge in [-0.1, -0.05) is 44.2 Å². The number of nitrogens with zero attached hydrogens (tertiary/aromatic N) is 3. The van der Waals surface area contributed by atoms with Crippen LogP contribution in [0.3, 0.4) is 0 Å². The molecular weight excluding hydrogens is 606 g/mol. The van der Waals surface area contributed by atoms with Gasteiger partial charge < -0.3 is 30.6 Å². The molecule has 0 spiro atoms. The highest BCUT2D eigenvalue weighted by Gasteiger charge is 2.30. The van der Waals surface area contributed by atoms with E-state index in [0.717, 1.165) is 24.9 Å². The predicted octanol–water partition coefficient (Wildman–Crippen LogP) is 3.32. The number of nitrogens with one attached hydrogen (secondary N) is 4. The van der Waals surface area contributed by atoms with Crippen molar-refractivity contribution in [3.8, 4) is 0 Å². The molecule has 13 heteroatoms. The summed E-state index contributed by atoms with van der Waals surface area (Å²) in [6.45, 7) is 8.06. The van der Waals surface area contributed by atoms with Gasteiger partial charge in [0.05, 0.1) is 12.0 Å². The smallest absolute Gasteiger partial charge is 0.274 e. The summed E-state index contributed by atoms with van der Waals surface area (Å²) in [6, 6.07) is 8.62. The number of hydrogen-bond donors (Lipinski definition) is 4. The normalized spacial score (nSPS) is 22.1. The third-order valence-corrected chi connectivity index (χ3v) is 9.30. The lowest BCUT2D eigenvalue weighted by molar-refractivity contribution is -0.136. The highest BCUT2D eigenvalue weighted by molar-refractivity contribution is 7.09. The Kier molecular flexibility index (Phi) is 11.2. The number of oxazole rings is 1. The summed E-state index contributed by atoms with van der Waals surface area (Å²) in [6.07, 6.45) is 2.77. The minimum Gasteiger partial charge on any atom is -0.443 e. The fourth-order valence-corrected chi connectivity index (χ4v) is 6.85. The van der Waals surface area contributed by atoms with E-state index in [1.165, 1.54) is 11.3 Å². The number of hydrogen-bond acceptors (Lipinski definition) is 9. The summed E-state index contributed by atoms with van der Waals surface area (Å²) in [7, 11) is 0. The molecule has 4 N–H and O–H groups in total. The van der Waals surface area contributed by atoms with Gasteiger partial charge in [0, 0.05) is 44.4 Å². The highest BCUT2D eigenvalue weighted by atomic mass is 32.1. The Bertz CT molecular complexity index is 1520. The lowest BCUT2D eigenvalue weighted by Crippen LogP contribution is -2.46. The third-order valence-electron chi connectivity index (χ3n) is 8.38. The summed E-state index contributed by atoms with van der Waals surface area (Å²) >= 11 is 1.30. The number of benzene rings is 1. The molecule has 3 aromatic rings. The van der Waals surface area contributed by atoms with Crippen LogP contribution in [0.25, 0.3) is 0 Å². The molecule has 1 saturated heterocycles. The van der Waals surface area contributed by atoms with Crippen LogP contribution in [0.1, 0.15) is 94.8 Å². The predicted molar refractivity (Wildman–Crippen MR) is 173 cm³/mol. The Morgan fingerprint density at radius 2 is 1.85 bits per heavy atom. The van der Waals surface area contributed by atoms with E-state index in [9.17, 15) is 19.2 Å². The molecule has 12 nitrogen and oxygen atoms in total. The van der Waals surface area contributed by atoms with Crippen molar-refractivity contribution in [2.24, 2.45) is 11.8 Å². The molecular formula is C33H43N7O5S. The Labute approximate surface area is 273 Å². The molecule has 46 heavy (non-hydrogen) atoms. The molecule has 2 aromatic heterocycles. The first kappa shape index (κ1) is 33.3. The number of carbonyl (C=O) groups is 4. The second kappa shape index (κ2) is 15.5. The molecule has 4 amide bonds. The first-order valence-corrected chi connectivity index (χ1v) is 16.9. The largest absolute Gasteiger partial charge is 0.443 e. The van der Waals surface area contributed by atoms with Crippen LogP contribution in [0.4, 0.5) is 0 Å². The summed E-state index contributed by atoms with van der Waals surface area (Å²) in [5.41, 5.74) is 1.36. The van der Waals surface area contributed by atoms with Crippen molar-refractivity contribution in [3.05, 3.63) is 69.3 Å². The molecule has 1 fully saturated rings. The molecule has 0 saturated carbocycles. The number of amides is 4. The lowest BCUT2D eigenvalue weighted by Gasteiger charge is -2.30. The molecule has 3 atom stereocenters. The lowest BCUT2D eigenvalue weighted by atomic mass is 9.98. The van der Waals surface area contributed by atoms with Crippen molar-refractivity contribution in [2.75, 3.05) is 32.7 Å². The number of carbonyl (C=O) groups excluding carboxylic acids is 4. The number of fused-ring (bicyclic) bond motifs is 4. The van der Waals surface area contributed by atoms with E-state index in [-0.39, 0.29) is 59.8 Å². The highest BCUT2D eigenvalue weighted by Crippen LogP contribution is 2.27. The first-order chi connectivity index (χ1) is 22.2. The average molecular weight is 650 g/mol. The van der Waals surface area contributed by atoms with Gasteiger partial charge in [0.2, 0.25) is 17.7 Å². The van der Waals surface area contributed by atoms with Crippen LogP contribution in [-0.2, 0) is 16.0 Å². The van der Waals surface area contributed by atoms with Gasteiger partial charge in [-0.25, -0.2) is 9.97 Å². The Morgan fingerprint density at radius 3 is 2.59 bits per heavy atom. The van der Waals surface area contributed by atoms with Crippen LogP contribution in [0, 0.1) is 18.8 Å². The topological polar surface area (TPSA) is 159 Å². The quantitative estimate of drug-likeness (QED) is 0.335. The number of rotatable bonds is 4. The zero-order chi connectivity index (χ0) is 32.6. The molecule has 2 aliphatic rings. The van der Waals surface area contributed by atoms with Gasteiger partial charge in [-0.15, -0.1) is 11.3 Å². The van der Waals surface area contributed by atoms with Gasteiger partial charge in [0.25, 0.3) is 11.8 Å². The zero-order valence-electron chi connectivity index (χ0n) is 26.6. The number of aromatic nitrogens is 2. The molecule has 2 aliphatic heterocycles. The Morgan fingerprint density at radius 1 is 1.04 bits per heavy atom. The van der Waals surface area contributed by atoms with E-state index in [0.29, 0.717) is 43.2 Å². The Balaban J connectivity index is 1.43. The van der Waals surface area contributed by atoms with Gasteiger partial charge in [0.1, 0.15) is 22.5 Å². The monoisotopic (exact) mass is 649 g/mol. The van der Waals surface area contributed by atoms with Crippen LogP contribution in [0.5, 0.6) is 0 Å². The van der Waals surface area contributed by atoms with E-state index in [1.807, 2.05) is 44.2 Å². The summed E-state index contributed by atoms with van der Waals surface area (Å²) < 4.78 is 6.01. The van der Waals surface area contributed by atoms with Crippen LogP contribution in [0.15, 0.2) is 40.1 Å².